The van der Waals surface area contributed by atoms with Gasteiger partial charge < -0.3 is 15.5 Å². The van der Waals surface area contributed by atoms with E-state index in [1.54, 1.807) is 0 Å². The molecule has 1 aliphatic rings. The number of nitrogens with zero attached hydrogens (tertiary/aromatic N) is 1. The first-order chi connectivity index (χ1) is 8.70. The van der Waals surface area contributed by atoms with Gasteiger partial charge in [0.25, 0.3) is 0 Å². The molecule has 0 atom stereocenters. The van der Waals surface area contributed by atoms with Crippen molar-refractivity contribution in [3.8, 4) is 0 Å². The second-order valence-electron chi connectivity index (χ2n) is 4.68. The van der Waals surface area contributed by atoms with E-state index < -0.39 is 0 Å². The zero-order valence-corrected chi connectivity index (χ0v) is 11.1. The molecule has 2 N–H and O–H groups in total. The molecule has 0 saturated carbocycles. The third-order valence-corrected chi connectivity index (χ3v) is 3.22. The second kappa shape index (κ2) is 5.76. The largest absolute Gasteiger partial charge is 0.385 e. The molecular formula is C14H21N3O. The Labute approximate surface area is 108 Å². The van der Waals surface area contributed by atoms with Crippen LogP contribution in [0.25, 0.3) is 0 Å². The van der Waals surface area contributed by atoms with Crippen LogP contribution in [0.15, 0.2) is 18.2 Å². The number of benzene rings is 1. The zero-order chi connectivity index (χ0) is 13.0. The molecule has 18 heavy (non-hydrogen) atoms. The Morgan fingerprint density at radius 2 is 2.33 bits per heavy atom. The second-order valence-corrected chi connectivity index (χ2v) is 4.68. The Hall–Kier alpha value is -1.71. The minimum absolute atomic E-state index is 0.0656. The molecule has 0 saturated heterocycles. The van der Waals surface area contributed by atoms with Crippen LogP contribution in [-0.2, 0) is 11.2 Å². The van der Waals surface area contributed by atoms with Crippen molar-refractivity contribution in [1.82, 2.24) is 5.32 Å². The number of fused-ring (bicyclic) bond motifs is 1. The molecule has 0 bridgehead atoms. The molecule has 1 aliphatic heterocycles. The van der Waals surface area contributed by atoms with Gasteiger partial charge in [0.05, 0.1) is 6.54 Å². The number of hydrogen-bond donors (Lipinski definition) is 2. The van der Waals surface area contributed by atoms with Crippen LogP contribution in [0, 0.1) is 0 Å². The normalized spacial score (nSPS) is 13.4. The molecule has 4 heteroatoms. The average molecular weight is 247 g/mol. The van der Waals surface area contributed by atoms with Crippen molar-refractivity contribution < 1.29 is 4.79 Å². The standard InChI is InChI=1S/C14H21N3O/c1-3-15-14(18)10-17(2)12-6-7-13-11(9-12)5-4-8-16-13/h6-7,9,16H,3-5,8,10H2,1-2H3,(H,15,18). The lowest BCUT2D eigenvalue weighted by Gasteiger charge is -2.23. The molecule has 1 amide bonds. The maximum Gasteiger partial charge on any atom is 0.239 e. The van der Waals surface area contributed by atoms with Gasteiger partial charge in [0, 0.05) is 31.5 Å². The van der Waals surface area contributed by atoms with Crippen molar-refractivity contribution in [2.75, 3.05) is 36.9 Å². The number of aryl methyl sites for hydroxylation is 1. The van der Waals surface area contributed by atoms with Gasteiger partial charge in [-0.05, 0) is 43.5 Å². The summed E-state index contributed by atoms with van der Waals surface area (Å²) in [5, 5.41) is 6.21. The molecule has 1 aromatic carbocycles. The minimum Gasteiger partial charge on any atom is -0.385 e. The van der Waals surface area contributed by atoms with Gasteiger partial charge in [-0.3, -0.25) is 4.79 Å². The number of hydrogen-bond acceptors (Lipinski definition) is 3. The molecule has 2 rings (SSSR count). The first-order valence-corrected chi connectivity index (χ1v) is 6.55. The third kappa shape index (κ3) is 2.94. The highest BCUT2D eigenvalue weighted by atomic mass is 16.1. The smallest absolute Gasteiger partial charge is 0.239 e. The van der Waals surface area contributed by atoms with Gasteiger partial charge in [-0.1, -0.05) is 0 Å². The highest BCUT2D eigenvalue weighted by Gasteiger charge is 2.11. The number of amides is 1. The average Bonchev–Trinajstić information content (AvgIpc) is 2.38. The molecule has 0 radical (unpaired) electrons. The van der Waals surface area contributed by atoms with Crippen LogP contribution in [0.4, 0.5) is 11.4 Å². The molecule has 0 fully saturated rings. The van der Waals surface area contributed by atoms with Crippen LogP contribution in [0.1, 0.15) is 18.9 Å². The molecule has 0 unspecified atom stereocenters. The van der Waals surface area contributed by atoms with Crippen LogP contribution in [0.3, 0.4) is 0 Å². The van der Waals surface area contributed by atoms with Crippen molar-refractivity contribution in [2.24, 2.45) is 0 Å². The zero-order valence-electron chi connectivity index (χ0n) is 11.1. The molecule has 4 nitrogen and oxygen atoms in total. The highest BCUT2D eigenvalue weighted by molar-refractivity contribution is 5.81. The van der Waals surface area contributed by atoms with Gasteiger partial charge in [-0.2, -0.15) is 0 Å². The summed E-state index contributed by atoms with van der Waals surface area (Å²) in [6, 6.07) is 6.36. The van der Waals surface area contributed by atoms with Crippen molar-refractivity contribution >= 4 is 17.3 Å². The Kier molecular flexibility index (Phi) is 4.07. The van der Waals surface area contributed by atoms with Crippen molar-refractivity contribution in [3.05, 3.63) is 23.8 Å². The van der Waals surface area contributed by atoms with E-state index in [4.69, 9.17) is 0 Å². The van der Waals surface area contributed by atoms with Gasteiger partial charge in [-0.15, -0.1) is 0 Å². The van der Waals surface area contributed by atoms with E-state index in [1.807, 2.05) is 18.9 Å². The summed E-state index contributed by atoms with van der Waals surface area (Å²) in [7, 11) is 1.95. The van der Waals surface area contributed by atoms with Gasteiger partial charge in [0.2, 0.25) is 5.91 Å². The highest BCUT2D eigenvalue weighted by Crippen LogP contribution is 2.26. The number of rotatable bonds is 4. The summed E-state index contributed by atoms with van der Waals surface area (Å²) < 4.78 is 0. The van der Waals surface area contributed by atoms with Gasteiger partial charge in [0.15, 0.2) is 0 Å². The lowest BCUT2D eigenvalue weighted by atomic mass is 10.0. The Morgan fingerprint density at radius 3 is 3.11 bits per heavy atom. The molecule has 1 heterocycles. The summed E-state index contributed by atoms with van der Waals surface area (Å²) in [4.78, 5) is 13.5. The maximum atomic E-state index is 11.6. The van der Waals surface area contributed by atoms with Crippen LogP contribution in [0.2, 0.25) is 0 Å². The van der Waals surface area contributed by atoms with Crippen LogP contribution in [0.5, 0.6) is 0 Å². The molecular weight excluding hydrogens is 226 g/mol. The number of nitrogens with one attached hydrogen (secondary N) is 2. The van der Waals surface area contributed by atoms with E-state index in [0.717, 1.165) is 18.7 Å². The van der Waals surface area contributed by atoms with E-state index in [9.17, 15) is 4.79 Å². The first kappa shape index (κ1) is 12.7. The SMILES string of the molecule is CCNC(=O)CN(C)c1ccc2c(c1)CCCN2. The van der Waals surface area contributed by atoms with E-state index >= 15 is 0 Å². The Balaban J connectivity index is 2.06. The van der Waals surface area contributed by atoms with Crippen molar-refractivity contribution in [1.29, 1.82) is 0 Å². The van der Waals surface area contributed by atoms with E-state index in [-0.39, 0.29) is 5.91 Å². The first-order valence-electron chi connectivity index (χ1n) is 6.55. The molecule has 0 aromatic heterocycles. The summed E-state index contributed by atoms with van der Waals surface area (Å²) >= 11 is 0. The predicted molar refractivity (Wildman–Crippen MR) is 75.2 cm³/mol. The lowest BCUT2D eigenvalue weighted by Crippen LogP contribution is -2.35. The van der Waals surface area contributed by atoms with Crippen LogP contribution >= 0.6 is 0 Å². The summed E-state index contributed by atoms with van der Waals surface area (Å²) in [6.07, 6.45) is 2.29. The molecule has 1 aromatic rings. The lowest BCUT2D eigenvalue weighted by molar-refractivity contribution is -0.119. The van der Waals surface area contributed by atoms with Gasteiger partial charge >= 0.3 is 0 Å². The van der Waals surface area contributed by atoms with Gasteiger partial charge in [-0.25, -0.2) is 0 Å². The number of anilines is 2. The maximum absolute atomic E-state index is 11.6. The third-order valence-electron chi connectivity index (χ3n) is 3.22. The number of carbonyl (C=O) groups excluding carboxylic acids is 1. The summed E-state index contributed by atoms with van der Waals surface area (Å²) in [5.41, 5.74) is 3.68. The fourth-order valence-electron chi connectivity index (χ4n) is 2.26. The van der Waals surface area contributed by atoms with Crippen LogP contribution in [-0.4, -0.2) is 32.6 Å². The monoisotopic (exact) mass is 247 g/mol. The van der Waals surface area contributed by atoms with Crippen molar-refractivity contribution in [2.45, 2.75) is 19.8 Å². The van der Waals surface area contributed by atoms with Crippen LogP contribution < -0.4 is 15.5 Å². The number of carbonyl (C=O) groups is 1. The van der Waals surface area contributed by atoms with E-state index in [2.05, 4.69) is 28.8 Å². The van der Waals surface area contributed by atoms with E-state index in [0.29, 0.717) is 13.1 Å². The van der Waals surface area contributed by atoms with E-state index in [1.165, 1.54) is 17.7 Å². The Morgan fingerprint density at radius 1 is 1.50 bits per heavy atom. The molecule has 98 valence electrons. The fraction of sp³-hybridized carbons (Fsp3) is 0.500. The minimum atomic E-state index is 0.0656. The predicted octanol–water partition coefficient (Wildman–Crippen LogP) is 1.62. The topological polar surface area (TPSA) is 44.4 Å². The quantitative estimate of drug-likeness (QED) is 0.849. The van der Waals surface area contributed by atoms with Gasteiger partial charge in [0.1, 0.15) is 0 Å². The summed E-state index contributed by atoms with van der Waals surface area (Å²) in [5.74, 6) is 0.0656. The van der Waals surface area contributed by atoms with Crippen molar-refractivity contribution in [3.63, 3.8) is 0 Å². The number of likely N-dealkylation sites (N-methyl/N-ethyl adjacent to an activating group) is 2. The fourth-order valence-corrected chi connectivity index (χ4v) is 2.26. The Bertz CT molecular complexity index is 431. The molecule has 0 aliphatic carbocycles. The molecule has 0 spiro atoms. The summed E-state index contributed by atoms with van der Waals surface area (Å²) in [6.45, 7) is 4.07.